The zero-order valence-electron chi connectivity index (χ0n) is 13.3. The maximum absolute atomic E-state index is 12.0. The lowest BCUT2D eigenvalue weighted by molar-refractivity contribution is 0.107. The molecule has 0 aromatic heterocycles. The zero-order chi connectivity index (χ0) is 16.6. The molecule has 1 fully saturated rings. The number of halogens is 1. The van der Waals surface area contributed by atoms with Crippen LogP contribution in [0.25, 0.3) is 0 Å². The number of hydrogen-bond acceptors (Lipinski definition) is 3. The molecule has 0 saturated carbocycles. The van der Waals surface area contributed by atoms with Gasteiger partial charge in [0, 0.05) is 30.2 Å². The fourth-order valence-corrected chi connectivity index (χ4v) is 3.85. The molecule has 0 aliphatic carbocycles. The molecule has 1 saturated heterocycles. The molecule has 5 heteroatoms. The van der Waals surface area contributed by atoms with Gasteiger partial charge in [-0.1, -0.05) is 41.9 Å². The SMILES string of the molecule is O=C1NC2(CCN(Cc3ccccc3)CC2)c2cc(Cl)ccc2O1. The number of likely N-dealkylation sites (tertiary alicyclic amines) is 1. The van der Waals surface area contributed by atoms with Crippen molar-refractivity contribution in [1.29, 1.82) is 0 Å². The molecule has 2 aliphatic rings. The molecule has 2 aromatic rings. The van der Waals surface area contributed by atoms with E-state index in [1.807, 2.05) is 12.1 Å². The lowest BCUT2D eigenvalue weighted by Crippen LogP contribution is -2.56. The van der Waals surface area contributed by atoms with Gasteiger partial charge in [-0.15, -0.1) is 0 Å². The van der Waals surface area contributed by atoms with Crippen LogP contribution in [0.3, 0.4) is 0 Å². The third kappa shape index (κ3) is 2.87. The number of nitrogens with zero attached hydrogens (tertiary/aromatic N) is 1. The molecule has 4 rings (SSSR count). The lowest BCUT2D eigenvalue weighted by atomic mass is 9.79. The number of amides is 1. The van der Waals surface area contributed by atoms with E-state index < -0.39 is 0 Å². The number of ether oxygens (including phenoxy) is 1. The summed E-state index contributed by atoms with van der Waals surface area (Å²) in [6, 6.07) is 15.9. The largest absolute Gasteiger partial charge is 0.413 e. The summed E-state index contributed by atoms with van der Waals surface area (Å²) in [6.07, 6.45) is 1.33. The number of rotatable bonds is 2. The standard InChI is InChI=1S/C19H19ClN2O2/c20-15-6-7-17-16(12-15)19(21-18(23)24-17)8-10-22(11-9-19)13-14-4-2-1-3-5-14/h1-7,12H,8-11,13H2,(H,21,23). The van der Waals surface area contributed by atoms with Crippen molar-refractivity contribution in [3.63, 3.8) is 0 Å². The summed E-state index contributed by atoms with van der Waals surface area (Å²) in [6.45, 7) is 2.77. The number of piperidine rings is 1. The fraction of sp³-hybridized carbons (Fsp3) is 0.316. The number of benzene rings is 2. The minimum Gasteiger partial charge on any atom is -0.410 e. The van der Waals surface area contributed by atoms with Gasteiger partial charge < -0.3 is 10.1 Å². The van der Waals surface area contributed by atoms with Gasteiger partial charge in [-0.2, -0.15) is 0 Å². The smallest absolute Gasteiger partial charge is 0.410 e. The van der Waals surface area contributed by atoms with Crippen molar-refractivity contribution in [2.24, 2.45) is 0 Å². The van der Waals surface area contributed by atoms with Crippen molar-refractivity contribution in [2.75, 3.05) is 13.1 Å². The Hall–Kier alpha value is -2.04. The molecule has 1 amide bonds. The van der Waals surface area contributed by atoms with Crippen molar-refractivity contribution in [2.45, 2.75) is 24.9 Å². The highest BCUT2D eigenvalue weighted by atomic mass is 35.5. The van der Waals surface area contributed by atoms with Crippen LogP contribution in [0.4, 0.5) is 4.79 Å². The summed E-state index contributed by atoms with van der Waals surface area (Å²) in [5, 5.41) is 3.72. The van der Waals surface area contributed by atoms with Gasteiger partial charge in [0.15, 0.2) is 0 Å². The predicted molar refractivity (Wildman–Crippen MR) is 93.2 cm³/mol. The Labute approximate surface area is 146 Å². The van der Waals surface area contributed by atoms with Crippen molar-refractivity contribution < 1.29 is 9.53 Å². The third-order valence-corrected chi connectivity index (χ3v) is 5.19. The molecule has 1 spiro atoms. The first kappa shape index (κ1) is 15.5. The molecule has 124 valence electrons. The highest BCUT2D eigenvalue weighted by molar-refractivity contribution is 6.30. The van der Waals surface area contributed by atoms with Crippen LogP contribution in [0.1, 0.15) is 24.0 Å². The van der Waals surface area contributed by atoms with Crippen LogP contribution in [-0.4, -0.2) is 24.1 Å². The second-order valence-electron chi connectivity index (χ2n) is 6.50. The van der Waals surface area contributed by atoms with Crippen LogP contribution in [0, 0.1) is 0 Å². The number of carbonyl (C=O) groups is 1. The Bertz CT molecular complexity index is 755. The van der Waals surface area contributed by atoms with Gasteiger partial charge in [0.2, 0.25) is 0 Å². The maximum Gasteiger partial charge on any atom is 0.413 e. The molecule has 0 atom stereocenters. The average molecular weight is 343 g/mol. The first-order valence-electron chi connectivity index (χ1n) is 8.21. The molecule has 24 heavy (non-hydrogen) atoms. The average Bonchev–Trinajstić information content (AvgIpc) is 2.59. The Morgan fingerprint density at radius 2 is 1.88 bits per heavy atom. The molecule has 2 aliphatic heterocycles. The summed E-state index contributed by atoms with van der Waals surface area (Å²) >= 11 is 6.17. The zero-order valence-corrected chi connectivity index (χ0v) is 14.1. The van der Waals surface area contributed by atoms with E-state index in [0.29, 0.717) is 10.8 Å². The highest BCUT2D eigenvalue weighted by Gasteiger charge is 2.43. The molecule has 1 N–H and O–H groups in total. The Kier molecular flexibility index (Phi) is 3.94. The number of carbonyl (C=O) groups excluding carboxylic acids is 1. The molecule has 0 unspecified atom stereocenters. The van der Waals surface area contributed by atoms with Gasteiger partial charge in [0.05, 0.1) is 5.54 Å². The fourth-order valence-electron chi connectivity index (χ4n) is 3.68. The topological polar surface area (TPSA) is 41.6 Å². The van der Waals surface area contributed by atoms with E-state index in [-0.39, 0.29) is 11.6 Å². The molecule has 4 nitrogen and oxygen atoms in total. The van der Waals surface area contributed by atoms with Crippen LogP contribution in [0.2, 0.25) is 5.02 Å². The van der Waals surface area contributed by atoms with Crippen LogP contribution in [0.15, 0.2) is 48.5 Å². The second-order valence-corrected chi connectivity index (χ2v) is 6.94. The van der Waals surface area contributed by atoms with Gasteiger partial charge in [-0.25, -0.2) is 4.79 Å². The van der Waals surface area contributed by atoms with Gasteiger partial charge in [0.25, 0.3) is 0 Å². The summed E-state index contributed by atoms with van der Waals surface area (Å²) in [7, 11) is 0. The van der Waals surface area contributed by atoms with Gasteiger partial charge in [0.1, 0.15) is 5.75 Å². The quantitative estimate of drug-likeness (QED) is 0.899. The van der Waals surface area contributed by atoms with Crippen molar-refractivity contribution in [3.05, 3.63) is 64.7 Å². The van der Waals surface area contributed by atoms with E-state index in [4.69, 9.17) is 16.3 Å². The van der Waals surface area contributed by atoms with Crippen LogP contribution < -0.4 is 10.1 Å². The Morgan fingerprint density at radius 3 is 2.62 bits per heavy atom. The lowest BCUT2D eigenvalue weighted by Gasteiger charge is -2.45. The van der Waals surface area contributed by atoms with Crippen molar-refractivity contribution in [1.82, 2.24) is 10.2 Å². The maximum atomic E-state index is 12.0. The van der Waals surface area contributed by atoms with Gasteiger partial charge >= 0.3 is 6.09 Å². The minimum absolute atomic E-state index is 0.372. The van der Waals surface area contributed by atoms with E-state index in [2.05, 4.69) is 34.5 Å². The van der Waals surface area contributed by atoms with E-state index in [1.54, 1.807) is 12.1 Å². The molecule has 2 heterocycles. The summed E-state index contributed by atoms with van der Waals surface area (Å²) in [5.74, 6) is 0.625. The normalized spacial score (nSPS) is 19.5. The minimum atomic E-state index is -0.374. The molecular weight excluding hydrogens is 324 g/mol. The summed E-state index contributed by atoms with van der Waals surface area (Å²) < 4.78 is 5.31. The molecule has 2 aromatic carbocycles. The van der Waals surface area contributed by atoms with Crippen LogP contribution in [0.5, 0.6) is 5.75 Å². The summed E-state index contributed by atoms with van der Waals surface area (Å²) in [5.41, 5.74) is 1.94. The summed E-state index contributed by atoms with van der Waals surface area (Å²) in [4.78, 5) is 14.4. The predicted octanol–water partition coefficient (Wildman–Crippen LogP) is 3.93. The molecule has 0 bridgehead atoms. The third-order valence-electron chi connectivity index (χ3n) is 4.96. The number of nitrogens with one attached hydrogen (secondary N) is 1. The van der Waals surface area contributed by atoms with Crippen molar-refractivity contribution >= 4 is 17.7 Å². The first-order chi connectivity index (χ1) is 11.6. The second kappa shape index (κ2) is 6.11. The molecule has 0 radical (unpaired) electrons. The van der Waals surface area contributed by atoms with Crippen LogP contribution >= 0.6 is 11.6 Å². The van der Waals surface area contributed by atoms with Gasteiger partial charge in [-0.05, 0) is 36.6 Å². The number of hydrogen-bond donors (Lipinski definition) is 1. The van der Waals surface area contributed by atoms with Crippen LogP contribution in [-0.2, 0) is 12.1 Å². The van der Waals surface area contributed by atoms with Crippen molar-refractivity contribution in [3.8, 4) is 5.75 Å². The van der Waals surface area contributed by atoms with E-state index in [9.17, 15) is 4.79 Å². The Balaban J connectivity index is 1.54. The van der Waals surface area contributed by atoms with E-state index in [1.165, 1.54) is 5.56 Å². The first-order valence-corrected chi connectivity index (χ1v) is 8.59. The van der Waals surface area contributed by atoms with E-state index in [0.717, 1.165) is 38.0 Å². The molecular formula is C19H19ClN2O2. The highest BCUT2D eigenvalue weighted by Crippen LogP contribution is 2.42. The number of fused-ring (bicyclic) bond motifs is 2. The van der Waals surface area contributed by atoms with E-state index >= 15 is 0 Å². The Morgan fingerprint density at radius 1 is 1.12 bits per heavy atom. The van der Waals surface area contributed by atoms with Gasteiger partial charge in [-0.3, -0.25) is 4.90 Å². The monoisotopic (exact) mass is 342 g/mol.